The Labute approximate surface area is 120 Å². The number of aromatic amines is 1. The van der Waals surface area contributed by atoms with E-state index in [4.69, 9.17) is 14.2 Å². The molecule has 0 spiro atoms. The van der Waals surface area contributed by atoms with E-state index in [2.05, 4.69) is 19.9 Å². The molecule has 0 atom stereocenters. The van der Waals surface area contributed by atoms with E-state index >= 15 is 0 Å². The van der Waals surface area contributed by atoms with Crippen molar-refractivity contribution in [3.05, 3.63) is 24.7 Å². The van der Waals surface area contributed by atoms with Crippen molar-refractivity contribution >= 4 is 11.3 Å². The Balaban J connectivity index is 2.16. The lowest BCUT2D eigenvalue weighted by Crippen LogP contribution is -1.96. The molecule has 0 aliphatic carbocycles. The van der Waals surface area contributed by atoms with Crippen LogP contribution in [0.15, 0.2) is 24.7 Å². The summed E-state index contributed by atoms with van der Waals surface area (Å²) in [6.07, 6.45) is 3.22. The van der Waals surface area contributed by atoms with Gasteiger partial charge in [-0.1, -0.05) is 0 Å². The summed E-state index contributed by atoms with van der Waals surface area (Å²) >= 11 is 0. The molecule has 0 amide bonds. The van der Waals surface area contributed by atoms with Crippen molar-refractivity contribution in [3.63, 3.8) is 0 Å². The van der Waals surface area contributed by atoms with Gasteiger partial charge in [0.2, 0.25) is 5.75 Å². The highest BCUT2D eigenvalue weighted by molar-refractivity contribution is 5.73. The molecule has 0 bridgehead atoms. The van der Waals surface area contributed by atoms with Gasteiger partial charge in [0, 0.05) is 5.56 Å². The fraction of sp³-hybridized carbons (Fsp3) is 0.214. The summed E-state index contributed by atoms with van der Waals surface area (Å²) in [7, 11) is 4.71. The van der Waals surface area contributed by atoms with Gasteiger partial charge < -0.3 is 19.2 Å². The van der Waals surface area contributed by atoms with E-state index in [9.17, 15) is 0 Å². The molecule has 0 fully saturated rings. The molecule has 0 saturated heterocycles. The topological polar surface area (TPSA) is 82.2 Å². The molecule has 1 N–H and O–H groups in total. The first-order chi connectivity index (χ1) is 10.3. The van der Waals surface area contributed by atoms with E-state index in [1.165, 1.54) is 0 Å². The second kappa shape index (κ2) is 5.28. The highest BCUT2D eigenvalue weighted by Gasteiger charge is 2.15. The molecule has 2 aromatic heterocycles. The second-order valence-electron chi connectivity index (χ2n) is 4.24. The molecular formula is C14H14N4O3. The van der Waals surface area contributed by atoms with E-state index in [0.29, 0.717) is 34.2 Å². The van der Waals surface area contributed by atoms with Crippen molar-refractivity contribution in [2.24, 2.45) is 0 Å². The first-order valence-corrected chi connectivity index (χ1v) is 6.23. The smallest absolute Gasteiger partial charge is 0.203 e. The molecule has 0 aliphatic heterocycles. The van der Waals surface area contributed by atoms with E-state index in [1.54, 1.807) is 33.9 Å². The third kappa shape index (κ3) is 2.22. The molecule has 1 aromatic carbocycles. The van der Waals surface area contributed by atoms with Crippen molar-refractivity contribution in [3.8, 4) is 28.5 Å². The summed E-state index contributed by atoms with van der Waals surface area (Å²) < 4.78 is 16.0. The fourth-order valence-electron chi connectivity index (χ4n) is 2.10. The van der Waals surface area contributed by atoms with Gasteiger partial charge in [-0.25, -0.2) is 15.0 Å². The van der Waals surface area contributed by atoms with Crippen LogP contribution < -0.4 is 14.2 Å². The van der Waals surface area contributed by atoms with Crippen LogP contribution in [0.3, 0.4) is 0 Å². The molecule has 108 valence electrons. The van der Waals surface area contributed by atoms with Gasteiger partial charge in [-0.05, 0) is 12.1 Å². The van der Waals surface area contributed by atoms with E-state index in [0.717, 1.165) is 5.56 Å². The predicted octanol–water partition coefficient (Wildman–Crippen LogP) is 2.05. The lowest BCUT2D eigenvalue weighted by Gasteiger charge is -2.13. The monoisotopic (exact) mass is 286 g/mol. The molecule has 3 rings (SSSR count). The van der Waals surface area contributed by atoms with Crippen molar-refractivity contribution < 1.29 is 14.2 Å². The van der Waals surface area contributed by atoms with Gasteiger partial charge in [-0.3, -0.25) is 0 Å². The minimum Gasteiger partial charge on any atom is -0.493 e. The molecular weight excluding hydrogens is 272 g/mol. The lowest BCUT2D eigenvalue weighted by atomic mass is 10.1. The van der Waals surface area contributed by atoms with Gasteiger partial charge in [-0.2, -0.15) is 0 Å². The van der Waals surface area contributed by atoms with Crippen LogP contribution >= 0.6 is 0 Å². The number of H-pyrrole nitrogens is 1. The van der Waals surface area contributed by atoms with Crippen LogP contribution in [-0.2, 0) is 0 Å². The Morgan fingerprint density at radius 1 is 0.952 bits per heavy atom. The number of ether oxygens (including phenoxy) is 3. The predicted molar refractivity (Wildman–Crippen MR) is 76.8 cm³/mol. The summed E-state index contributed by atoms with van der Waals surface area (Å²) in [5.74, 6) is 1.68. The number of benzene rings is 1. The molecule has 7 heteroatoms. The zero-order chi connectivity index (χ0) is 14.8. The Kier molecular flexibility index (Phi) is 3.31. The number of hydrogen-bond acceptors (Lipinski definition) is 6. The average molecular weight is 286 g/mol. The minimum absolute atomic E-state index is 0.541. The molecule has 3 aromatic rings. The summed E-state index contributed by atoms with van der Waals surface area (Å²) in [4.78, 5) is 15.7. The van der Waals surface area contributed by atoms with Crippen LogP contribution in [0.5, 0.6) is 17.2 Å². The summed E-state index contributed by atoms with van der Waals surface area (Å²) in [6, 6.07) is 3.65. The van der Waals surface area contributed by atoms with Crippen LogP contribution in [0.2, 0.25) is 0 Å². The number of aromatic nitrogens is 4. The quantitative estimate of drug-likeness (QED) is 0.790. The maximum atomic E-state index is 5.34. The maximum absolute atomic E-state index is 5.34. The minimum atomic E-state index is 0.541. The normalized spacial score (nSPS) is 10.6. The van der Waals surface area contributed by atoms with Crippen LogP contribution in [0, 0.1) is 0 Å². The van der Waals surface area contributed by atoms with Gasteiger partial charge >= 0.3 is 0 Å². The van der Waals surface area contributed by atoms with Crippen LogP contribution in [0.1, 0.15) is 0 Å². The highest BCUT2D eigenvalue weighted by atomic mass is 16.5. The van der Waals surface area contributed by atoms with E-state index in [1.807, 2.05) is 12.1 Å². The third-order valence-electron chi connectivity index (χ3n) is 3.10. The molecule has 0 saturated carbocycles. The molecule has 0 aliphatic rings. The molecule has 7 nitrogen and oxygen atoms in total. The first kappa shape index (κ1) is 13.2. The van der Waals surface area contributed by atoms with Crippen LogP contribution in [0.25, 0.3) is 22.6 Å². The molecule has 2 heterocycles. The Hall–Kier alpha value is -2.83. The summed E-state index contributed by atoms with van der Waals surface area (Å²) in [5, 5.41) is 0. The van der Waals surface area contributed by atoms with Crippen molar-refractivity contribution in [1.82, 2.24) is 19.9 Å². The van der Waals surface area contributed by atoms with Gasteiger partial charge in [0.25, 0.3) is 0 Å². The Morgan fingerprint density at radius 2 is 1.67 bits per heavy atom. The van der Waals surface area contributed by atoms with Crippen molar-refractivity contribution in [2.45, 2.75) is 0 Å². The molecule has 21 heavy (non-hydrogen) atoms. The largest absolute Gasteiger partial charge is 0.493 e. The second-order valence-corrected chi connectivity index (χ2v) is 4.24. The first-order valence-electron chi connectivity index (χ1n) is 6.23. The Morgan fingerprint density at radius 3 is 2.29 bits per heavy atom. The number of imidazole rings is 1. The fourth-order valence-corrected chi connectivity index (χ4v) is 2.10. The molecule has 0 radical (unpaired) electrons. The van der Waals surface area contributed by atoms with Gasteiger partial charge in [0.15, 0.2) is 22.8 Å². The van der Waals surface area contributed by atoms with Gasteiger partial charge in [-0.15, -0.1) is 0 Å². The van der Waals surface area contributed by atoms with Crippen molar-refractivity contribution in [1.29, 1.82) is 0 Å². The summed E-state index contributed by atoms with van der Waals surface area (Å²) in [5.41, 5.74) is 2.70. The average Bonchev–Trinajstić information content (AvgIpc) is 3.00. The zero-order valence-electron chi connectivity index (χ0n) is 11.9. The maximum Gasteiger partial charge on any atom is 0.203 e. The van der Waals surface area contributed by atoms with E-state index in [-0.39, 0.29) is 0 Å². The van der Waals surface area contributed by atoms with Crippen LogP contribution in [0.4, 0.5) is 0 Å². The standard InChI is InChI=1S/C14H14N4O3/c1-19-10-4-8(5-11(20-2)12(10)21-3)9-6-15-13-14(18-9)17-7-16-13/h4-7H,1-3H3,(H,15,16,17,18). The SMILES string of the molecule is COc1cc(-c2cnc3nc[nH]c3n2)cc(OC)c1OC. The summed E-state index contributed by atoms with van der Waals surface area (Å²) in [6.45, 7) is 0. The third-order valence-corrected chi connectivity index (χ3v) is 3.10. The highest BCUT2D eigenvalue weighted by Crippen LogP contribution is 2.40. The van der Waals surface area contributed by atoms with E-state index < -0.39 is 0 Å². The van der Waals surface area contributed by atoms with Gasteiger partial charge in [0.1, 0.15) is 0 Å². The lowest BCUT2D eigenvalue weighted by molar-refractivity contribution is 0.324. The number of nitrogens with one attached hydrogen (secondary N) is 1. The number of hydrogen-bond donors (Lipinski definition) is 1. The Bertz CT molecular complexity index is 760. The number of fused-ring (bicyclic) bond motifs is 1. The number of nitrogens with zero attached hydrogens (tertiary/aromatic N) is 3. The number of methoxy groups -OCH3 is 3. The van der Waals surface area contributed by atoms with Gasteiger partial charge in [0.05, 0.1) is 39.5 Å². The van der Waals surface area contributed by atoms with Crippen molar-refractivity contribution in [2.75, 3.05) is 21.3 Å². The zero-order valence-corrected chi connectivity index (χ0v) is 11.9. The number of rotatable bonds is 4. The molecule has 0 unspecified atom stereocenters. The van der Waals surface area contributed by atoms with Crippen LogP contribution in [-0.4, -0.2) is 41.3 Å².